The van der Waals surface area contributed by atoms with Gasteiger partial charge in [-0.15, -0.1) is 9.05 Å². The summed E-state index contributed by atoms with van der Waals surface area (Å²) in [7, 11) is -5.36. The van der Waals surface area contributed by atoms with Gasteiger partial charge < -0.3 is 30.0 Å². The molecule has 0 atom stereocenters. The molecule has 11 heavy (non-hydrogen) atoms. The fraction of sp³-hybridized carbons (Fsp3) is 0. The summed E-state index contributed by atoms with van der Waals surface area (Å²) in [6.07, 6.45) is -1.33. The second-order valence-electron chi connectivity index (χ2n) is 0.862. The summed E-state index contributed by atoms with van der Waals surface area (Å²) in [6, 6.07) is 0. The summed E-state index contributed by atoms with van der Waals surface area (Å²) in [5.74, 6) is 0. The maximum atomic E-state index is 8.78. The zero-order chi connectivity index (χ0) is 8.08. The van der Waals surface area contributed by atoms with Gasteiger partial charge in [-0.05, 0) is 0 Å². The molecular formula is CH4LiMgNO6Si. The topological polar surface area (TPSA) is 153 Å². The van der Waals surface area contributed by atoms with E-state index in [0.29, 0.717) is 0 Å². The molecule has 0 unspecified atom stereocenters. The summed E-state index contributed by atoms with van der Waals surface area (Å²) in [4.78, 5) is 41.8. The van der Waals surface area contributed by atoms with Gasteiger partial charge in [0.1, 0.15) is 0 Å². The van der Waals surface area contributed by atoms with Crippen LogP contribution in [0.25, 0.3) is 0 Å². The Bertz CT molecular complexity index is 85.1. The van der Waals surface area contributed by atoms with E-state index in [4.69, 9.17) is 29.1 Å². The third kappa shape index (κ3) is 1690. The summed E-state index contributed by atoms with van der Waals surface area (Å²) in [6.45, 7) is 0. The average Bonchev–Trinajstić information content (AvgIpc) is 1.19. The summed E-state index contributed by atoms with van der Waals surface area (Å²) in [5, 5.41) is 7.19. The van der Waals surface area contributed by atoms with Crippen LogP contribution in [0.15, 0.2) is 0 Å². The molecule has 0 heterocycles. The van der Waals surface area contributed by atoms with Crippen LogP contribution in [0.1, 0.15) is 0 Å². The van der Waals surface area contributed by atoms with E-state index in [1.165, 1.54) is 0 Å². The minimum atomic E-state index is -5.36. The van der Waals surface area contributed by atoms with Crippen LogP contribution < -0.4 is 39.0 Å². The molecule has 1 amide bonds. The van der Waals surface area contributed by atoms with Crippen LogP contribution in [-0.4, -0.2) is 48.1 Å². The summed E-state index contributed by atoms with van der Waals surface area (Å²) >= 11 is 0. The first-order chi connectivity index (χ1) is 3.73. The van der Waals surface area contributed by atoms with E-state index in [2.05, 4.69) is 5.73 Å². The van der Waals surface area contributed by atoms with E-state index in [0.717, 1.165) is 0 Å². The standard InChI is InChI=1S/CH3NO2.Li.Mg.HO4Si/c2-1(3)4;;;1-5(2,3)4/h2H2,(H,3,4);;;1H/q;+1;+2;-3. The SMILES string of the molecule is NC(=O)O.[Li+].[Mg+2].[O-][Si]([O-])([O-])O. The molecule has 0 aromatic carbocycles. The minimum Gasteiger partial charge on any atom is -0.861 e. The summed E-state index contributed by atoms with van der Waals surface area (Å²) < 4.78 is 0. The molecule has 0 aromatic rings. The Morgan fingerprint density at radius 2 is 1.36 bits per heavy atom. The molecule has 0 bridgehead atoms. The van der Waals surface area contributed by atoms with Crippen molar-refractivity contribution in [2.75, 3.05) is 0 Å². The van der Waals surface area contributed by atoms with Gasteiger partial charge in [0.2, 0.25) is 0 Å². The van der Waals surface area contributed by atoms with Crippen LogP contribution >= 0.6 is 0 Å². The molecule has 0 aromatic heterocycles. The monoisotopic (exact) mass is 185 g/mol. The molecular weight excluding hydrogens is 181 g/mol. The molecule has 4 N–H and O–H groups in total. The predicted octanol–water partition coefficient (Wildman–Crippen LogP) is -8.26. The molecule has 0 fully saturated rings. The zero-order valence-corrected chi connectivity index (χ0v) is 8.23. The van der Waals surface area contributed by atoms with Crippen molar-refractivity contribution in [2.45, 2.75) is 0 Å². The fourth-order valence-electron chi connectivity index (χ4n) is 0. The normalized spacial score (nSPS) is 7.64. The number of primary amides is 1. The minimum absolute atomic E-state index is 0. The summed E-state index contributed by atoms with van der Waals surface area (Å²) in [5.41, 5.74) is 4.03. The number of hydrogen-bond donors (Lipinski definition) is 3. The molecule has 0 spiro atoms. The molecule has 0 aliphatic rings. The van der Waals surface area contributed by atoms with Gasteiger partial charge in [0.15, 0.2) is 0 Å². The Balaban J connectivity index is -0.0000000383. The van der Waals surface area contributed by atoms with Gasteiger partial charge in [0.25, 0.3) is 0 Å². The first-order valence-corrected chi connectivity index (χ1v) is 3.22. The Morgan fingerprint density at radius 3 is 1.36 bits per heavy atom. The van der Waals surface area contributed by atoms with E-state index in [1.54, 1.807) is 0 Å². The van der Waals surface area contributed by atoms with Crippen molar-refractivity contribution in [1.82, 2.24) is 0 Å². The third-order valence-electron chi connectivity index (χ3n) is 0. The second kappa shape index (κ2) is 10.7. The maximum Gasteiger partial charge on any atom is 2.00 e. The van der Waals surface area contributed by atoms with Crippen molar-refractivity contribution in [2.24, 2.45) is 5.73 Å². The van der Waals surface area contributed by atoms with E-state index in [1.807, 2.05) is 0 Å². The van der Waals surface area contributed by atoms with Crippen molar-refractivity contribution in [1.29, 1.82) is 0 Å². The van der Waals surface area contributed by atoms with Gasteiger partial charge in [0.05, 0.1) is 0 Å². The molecule has 0 aliphatic heterocycles. The molecule has 7 nitrogen and oxygen atoms in total. The third-order valence-corrected chi connectivity index (χ3v) is 0. The van der Waals surface area contributed by atoms with Crippen LogP contribution in [0.4, 0.5) is 4.79 Å². The molecule has 10 heteroatoms. The predicted molar refractivity (Wildman–Crippen MR) is 25.9 cm³/mol. The maximum absolute atomic E-state index is 8.78. The van der Waals surface area contributed by atoms with Crippen LogP contribution in [0, 0.1) is 0 Å². The smallest absolute Gasteiger partial charge is 0.861 e. The Kier molecular flexibility index (Phi) is 22.0. The quantitative estimate of drug-likeness (QED) is 0.319. The Labute approximate surface area is 91.7 Å². The molecule has 0 saturated heterocycles. The number of hydrogen-bond acceptors (Lipinski definition) is 5. The van der Waals surface area contributed by atoms with E-state index in [9.17, 15) is 0 Å². The molecule has 0 saturated carbocycles. The Hall–Kier alpha value is 0.691. The van der Waals surface area contributed by atoms with Gasteiger partial charge in [0, 0.05) is 0 Å². The number of carboxylic acid groups (broad SMARTS) is 1. The van der Waals surface area contributed by atoms with Crippen molar-refractivity contribution in [3.63, 3.8) is 0 Å². The first-order valence-electron chi connectivity index (χ1n) is 1.55. The van der Waals surface area contributed by atoms with Gasteiger partial charge in [-0.3, -0.25) is 0 Å². The van der Waals surface area contributed by atoms with Crippen LogP contribution in [0.3, 0.4) is 0 Å². The van der Waals surface area contributed by atoms with E-state index >= 15 is 0 Å². The number of rotatable bonds is 0. The number of carbonyl (C=O) groups is 1. The van der Waals surface area contributed by atoms with Gasteiger partial charge in [-0.1, -0.05) is 0 Å². The molecule has 0 aliphatic carbocycles. The second-order valence-corrected chi connectivity index (χ2v) is 1.91. The van der Waals surface area contributed by atoms with E-state index < -0.39 is 15.1 Å². The first kappa shape index (κ1) is 22.6. The van der Waals surface area contributed by atoms with Gasteiger partial charge >= 0.3 is 48.0 Å². The van der Waals surface area contributed by atoms with Crippen molar-refractivity contribution in [3.8, 4) is 0 Å². The van der Waals surface area contributed by atoms with E-state index in [-0.39, 0.29) is 41.9 Å². The Morgan fingerprint density at radius 1 is 1.36 bits per heavy atom. The largest absolute Gasteiger partial charge is 2.00 e. The molecule has 0 rings (SSSR count). The molecule has 0 radical (unpaired) electrons. The number of amides is 1. The van der Waals surface area contributed by atoms with Gasteiger partial charge in [-0.25, -0.2) is 4.79 Å². The van der Waals surface area contributed by atoms with Crippen LogP contribution in [0.2, 0.25) is 0 Å². The average molecular weight is 185 g/mol. The van der Waals surface area contributed by atoms with Crippen molar-refractivity contribution < 1.29 is 47.9 Å². The van der Waals surface area contributed by atoms with Crippen LogP contribution in [0.5, 0.6) is 0 Å². The van der Waals surface area contributed by atoms with Crippen molar-refractivity contribution in [3.05, 3.63) is 0 Å². The van der Waals surface area contributed by atoms with Crippen LogP contribution in [-0.2, 0) is 0 Å². The zero-order valence-electron chi connectivity index (χ0n) is 5.81. The van der Waals surface area contributed by atoms with Crippen molar-refractivity contribution >= 4 is 38.2 Å². The fourth-order valence-corrected chi connectivity index (χ4v) is 0. The van der Waals surface area contributed by atoms with Gasteiger partial charge in [-0.2, -0.15) is 0 Å². The number of nitrogens with two attached hydrogens (primary N) is 1. The molecule has 56 valence electrons.